The zero-order chi connectivity index (χ0) is 10.2. The third kappa shape index (κ3) is 1.18. The number of hydrogen-bond donors (Lipinski definition) is 5. The molecule has 1 aromatic carbocycles. The SMILES string of the molecule is CNc1c(O)c(O)c(C)c(O)c1O. The Kier molecular flexibility index (Phi) is 2.10. The van der Waals surface area contributed by atoms with Crippen molar-refractivity contribution in [1.29, 1.82) is 0 Å². The van der Waals surface area contributed by atoms with Gasteiger partial charge < -0.3 is 25.7 Å². The molecular formula is C8H11NO4. The number of rotatable bonds is 1. The van der Waals surface area contributed by atoms with Crippen LogP contribution >= 0.6 is 0 Å². The van der Waals surface area contributed by atoms with E-state index < -0.39 is 23.0 Å². The Hall–Kier alpha value is -1.78. The van der Waals surface area contributed by atoms with Crippen LogP contribution in [0.2, 0.25) is 0 Å². The van der Waals surface area contributed by atoms with Crippen LogP contribution in [0.3, 0.4) is 0 Å². The lowest BCUT2D eigenvalue weighted by molar-refractivity contribution is 0.371. The minimum atomic E-state index is -0.477. The van der Waals surface area contributed by atoms with Gasteiger partial charge in [0, 0.05) is 12.6 Å². The summed E-state index contributed by atoms with van der Waals surface area (Å²) in [5.74, 6) is -1.84. The summed E-state index contributed by atoms with van der Waals surface area (Å²) in [5.41, 5.74) is -0.0606. The van der Waals surface area contributed by atoms with Gasteiger partial charge in [-0.2, -0.15) is 0 Å². The lowest BCUT2D eigenvalue weighted by Gasteiger charge is -2.12. The second kappa shape index (κ2) is 2.93. The summed E-state index contributed by atoms with van der Waals surface area (Å²) >= 11 is 0. The molecule has 0 saturated carbocycles. The molecule has 1 rings (SSSR count). The first-order chi connectivity index (χ1) is 6.00. The maximum Gasteiger partial charge on any atom is 0.185 e. The van der Waals surface area contributed by atoms with Crippen LogP contribution in [0.25, 0.3) is 0 Å². The summed E-state index contributed by atoms with van der Waals surface area (Å²) in [4.78, 5) is 0. The van der Waals surface area contributed by atoms with Crippen molar-refractivity contribution in [3.05, 3.63) is 5.56 Å². The van der Waals surface area contributed by atoms with Crippen molar-refractivity contribution < 1.29 is 20.4 Å². The lowest BCUT2D eigenvalue weighted by Crippen LogP contribution is -1.91. The van der Waals surface area contributed by atoms with Crippen molar-refractivity contribution >= 4 is 5.69 Å². The van der Waals surface area contributed by atoms with Gasteiger partial charge in [0.15, 0.2) is 23.0 Å². The molecule has 1 aromatic rings. The number of benzene rings is 1. The van der Waals surface area contributed by atoms with Crippen LogP contribution < -0.4 is 5.32 Å². The molecule has 72 valence electrons. The lowest BCUT2D eigenvalue weighted by atomic mass is 10.1. The number of hydrogen-bond acceptors (Lipinski definition) is 5. The number of aromatic hydroxyl groups is 4. The van der Waals surface area contributed by atoms with E-state index >= 15 is 0 Å². The van der Waals surface area contributed by atoms with Gasteiger partial charge in [0.25, 0.3) is 0 Å². The molecular weight excluding hydrogens is 174 g/mol. The molecule has 0 atom stereocenters. The van der Waals surface area contributed by atoms with Gasteiger partial charge in [0.2, 0.25) is 0 Å². The van der Waals surface area contributed by atoms with Crippen LogP contribution in [-0.4, -0.2) is 27.5 Å². The van der Waals surface area contributed by atoms with Crippen molar-refractivity contribution in [3.63, 3.8) is 0 Å². The first-order valence-electron chi connectivity index (χ1n) is 3.64. The van der Waals surface area contributed by atoms with E-state index in [9.17, 15) is 20.4 Å². The Balaban J connectivity index is 3.56. The van der Waals surface area contributed by atoms with Crippen molar-refractivity contribution in [2.24, 2.45) is 0 Å². The fourth-order valence-electron chi connectivity index (χ4n) is 1.05. The first-order valence-corrected chi connectivity index (χ1v) is 3.64. The number of phenolic OH excluding ortho intramolecular Hbond substituents is 4. The van der Waals surface area contributed by atoms with Crippen LogP contribution in [-0.2, 0) is 0 Å². The topological polar surface area (TPSA) is 93.0 Å². The van der Waals surface area contributed by atoms with Crippen molar-refractivity contribution in [2.45, 2.75) is 6.92 Å². The fraction of sp³-hybridized carbons (Fsp3) is 0.250. The van der Waals surface area contributed by atoms with E-state index in [1.807, 2.05) is 0 Å². The molecule has 0 fully saturated rings. The average Bonchev–Trinajstić information content (AvgIpc) is 2.13. The molecule has 13 heavy (non-hydrogen) atoms. The van der Waals surface area contributed by atoms with E-state index in [1.165, 1.54) is 14.0 Å². The summed E-state index contributed by atoms with van der Waals surface area (Å²) in [5, 5.41) is 39.6. The molecule has 0 aromatic heterocycles. The molecule has 0 aliphatic carbocycles. The highest BCUT2D eigenvalue weighted by atomic mass is 16.3. The van der Waals surface area contributed by atoms with Crippen LogP contribution in [0.1, 0.15) is 5.56 Å². The van der Waals surface area contributed by atoms with E-state index in [2.05, 4.69) is 5.32 Å². The second-order valence-electron chi connectivity index (χ2n) is 2.64. The highest BCUT2D eigenvalue weighted by Gasteiger charge is 2.19. The van der Waals surface area contributed by atoms with Gasteiger partial charge in [-0.1, -0.05) is 0 Å². The van der Waals surface area contributed by atoms with E-state index in [0.29, 0.717) is 0 Å². The van der Waals surface area contributed by atoms with Crippen LogP contribution in [0.5, 0.6) is 23.0 Å². The highest BCUT2D eigenvalue weighted by molar-refractivity contribution is 5.76. The van der Waals surface area contributed by atoms with Crippen LogP contribution in [0, 0.1) is 6.92 Å². The zero-order valence-corrected chi connectivity index (χ0v) is 7.29. The highest BCUT2D eigenvalue weighted by Crippen LogP contribution is 2.48. The Morgan fingerprint density at radius 3 is 1.54 bits per heavy atom. The van der Waals surface area contributed by atoms with Crippen molar-refractivity contribution in [1.82, 2.24) is 0 Å². The number of phenols is 4. The Labute approximate surface area is 74.9 Å². The summed E-state index contributed by atoms with van der Waals surface area (Å²) in [6.45, 7) is 1.38. The monoisotopic (exact) mass is 185 g/mol. The van der Waals surface area contributed by atoms with E-state index in [4.69, 9.17) is 0 Å². The average molecular weight is 185 g/mol. The maximum atomic E-state index is 9.30. The van der Waals surface area contributed by atoms with Gasteiger partial charge in [-0.05, 0) is 6.92 Å². The van der Waals surface area contributed by atoms with Crippen molar-refractivity contribution in [2.75, 3.05) is 12.4 Å². The minimum absolute atomic E-state index is 0.0361. The van der Waals surface area contributed by atoms with E-state index in [1.54, 1.807) is 0 Å². The predicted octanol–water partition coefficient (Wildman–Crippen LogP) is 0.859. The standard InChI is InChI=1S/C8H11NO4/c1-3-5(10)7(12)4(9-2)8(13)6(3)11/h9-13H,1-2H3. The molecule has 0 radical (unpaired) electrons. The van der Waals surface area contributed by atoms with Gasteiger partial charge >= 0.3 is 0 Å². The first kappa shape index (κ1) is 9.31. The molecule has 5 N–H and O–H groups in total. The third-order valence-corrected chi connectivity index (χ3v) is 1.88. The fourth-order valence-corrected chi connectivity index (χ4v) is 1.05. The smallest absolute Gasteiger partial charge is 0.185 e. The molecule has 5 heteroatoms. The quantitative estimate of drug-likeness (QED) is 0.330. The number of nitrogens with one attached hydrogen (secondary N) is 1. The summed E-state index contributed by atoms with van der Waals surface area (Å²) in [7, 11) is 1.45. The van der Waals surface area contributed by atoms with Gasteiger partial charge in [0.1, 0.15) is 5.69 Å². The Bertz CT molecular complexity index is 319. The normalized spacial score (nSPS) is 10.0. The minimum Gasteiger partial charge on any atom is -0.504 e. The zero-order valence-electron chi connectivity index (χ0n) is 7.29. The van der Waals surface area contributed by atoms with E-state index in [0.717, 1.165) is 0 Å². The Morgan fingerprint density at radius 2 is 1.23 bits per heavy atom. The van der Waals surface area contributed by atoms with Gasteiger partial charge in [-0.15, -0.1) is 0 Å². The van der Waals surface area contributed by atoms with Gasteiger partial charge in [-0.25, -0.2) is 0 Å². The number of anilines is 1. The molecule has 0 saturated heterocycles. The summed E-state index contributed by atoms with van der Waals surface area (Å²) in [6, 6.07) is 0. The third-order valence-electron chi connectivity index (χ3n) is 1.88. The molecule has 0 spiro atoms. The largest absolute Gasteiger partial charge is 0.504 e. The molecule has 0 unspecified atom stereocenters. The molecule has 0 bridgehead atoms. The maximum absolute atomic E-state index is 9.30. The predicted molar refractivity (Wildman–Crippen MR) is 47.4 cm³/mol. The molecule has 5 nitrogen and oxygen atoms in total. The van der Waals surface area contributed by atoms with Crippen LogP contribution in [0.15, 0.2) is 0 Å². The molecule has 0 aliphatic rings. The van der Waals surface area contributed by atoms with Gasteiger partial charge in [0.05, 0.1) is 0 Å². The second-order valence-corrected chi connectivity index (χ2v) is 2.64. The summed E-state index contributed by atoms with van der Waals surface area (Å²) < 4.78 is 0. The molecule has 0 heterocycles. The van der Waals surface area contributed by atoms with Crippen LogP contribution in [0.4, 0.5) is 5.69 Å². The van der Waals surface area contributed by atoms with E-state index in [-0.39, 0.29) is 11.3 Å². The van der Waals surface area contributed by atoms with Gasteiger partial charge in [-0.3, -0.25) is 0 Å². The van der Waals surface area contributed by atoms with Crippen molar-refractivity contribution in [3.8, 4) is 23.0 Å². The summed E-state index contributed by atoms with van der Waals surface area (Å²) in [6.07, 6.45) is 0. The molecule has 0 amide bonds. The molecule has 0 aliphatic heterocycles. The Morgan fingerprint density at radius 1 is 0.846 bits per heavy atom.